The van der Waals surface area contributed by atoms with E-state index in [4.69, 9.17) is 4.84 Å². The number of nitrogens with zero attached hydrogens (tertiary/aromatic N) is 2. The third kappa shape index (κ3) is 2.71. The summed E-state index contributed by atoms with van der Waals surface area (Å²) in [6.45, 7) is 6.04. The molecule has 110 valence electrons. The first-order valence-corrected chi connectivity index (χ1v) is 7.49. The topological polar surface area (TPSA) is 41.9 Å². The molecule has 0 N–H and O–H groups in total. The minimum Gasteiger partial charge on any atom is -0.374 e. The van der Waals surface area contributed by atoms with Crippen molar-refractivity contribution in [3.63, 3.8) is 0 Å². The average Bonchev–Trinajstić information content (AvgIpc) is 2.90. The Kier molecular flexibility index (Phi) is 3.78. The molecule has 0 amide bonds. The second-order valence-electron chi connectivity index (χ2n) is 5.69. The van der Waals surface area contributed by atoms with Gasteiger partial charge in [0, 0.05) is 24.4 Å². The van der Waals surface area contributed by atoms with E-state index in [0.29, 0.717) is 11.3 Å². The van der Waals surface area contributed by atoms with Crippen LogP contribution in [0.3, 0.4) is 0 Å². The van der Waals surface area contributed by atoms with Gasteiger partial charge in [-0.15, -0.1) is 0 Å². The molecule has 1 fully saturated rings. The van der Waals surface area contributed by atoms with E-state index >= 15 is 0 Å². The molecule has 0 atom stereocenters. The van der Waals surface area contributed by atoms with Gasteiger partial charge in [-0.2, -0.15) is 0 Å². The maximum absolute atomic E-state index is 12.1. The van der Waals surface area contributed by atoms with Crippen molar-refractivity contribution in [1.82, 2.24) is 4.90 Å². The molecule has 0 aliphatic carbocycles. The van der Waals surface area contributed by atoms with Crippen molar-refractivity contribution in [3.05, 3.63) is 46.7 Å². The number of hydrogen-bond acceptors (Lipinski definition) is 4. The molecule has 0 unspecified atom stereocenters. The van der Waals surface area contributed by atoms with E-state index in [1.807, 2.05) is 38.1 Å². The molecule has 2 aliphatic rings. The summed E-state index contributed by atoms with van der Waals surface area (Å²) in [5.41, 5.74) is 4.36. The molecule has 2 heterocycles. The second-order valence-corrected chi connectivity index (χ2v) is 5.69. The maximum atomic E-state index is 12.1. The van der Waals surface area contributed by atoms with Crippen molar-refractivity contribution in [2.24, 2.45) is 5.16 Å². The van der Waals surface area contributed by atoms with Gasteiger partial charge < -0.3 is 9.74 Å². The molecular weight excluding hydrogens is 264 g/mol. The van der Waals surface area contributed by atoms with Crippen LogP contribution >= 0.6 is 0 Å². The Bertz CT molecular complexity index is 608. The largest absolute Gasteiger partial charge is 0.374 e. The Balaban J connectivity index is 1.96. The first-order valence-electron chi connectivity index (χ1n) is 7.49. The molecule has 4 heteroatoms. The first kappa shape index (κ1) is 13.9. The summed E-state index contributed by atoms with van der Waals surface area (Å²) >= 11 is 0. The van der Waals surface area contributed by atoms with E-state index < -0.39 is 0 Å². The number of piperidine rings is 1. The maximum Gasteiger partial charge on any atom is 0.369 e. The van der Waals surface area contributed by atoms with Gasteiger partial charge in [0.1, 0.15) is 11.3 Å². The van der Waals surface area contributed by atoms with Crippen LogP contribution in [0.5, 0.6) is 0 Å². The molecule has 0 bridgehead atoms. The van der Waals surface area contributed by atoms with E-state index in [1.54, 1.807) is 0 Å². The number of hydrogen-bond donors (Lipinski definition) is 0. The van der Waals surface area contributed by atoms with Gasteiger partial charge in [0.05, 0.1) is 0 Å². The number of carbonyl (C=O) groups excluding carboxylic acids is 1. The van der Waals surface area contributed by atoms with Crippen molar-refractivity contribution >= 4 is 11.7 Å². The van der Waals surface area contributed by atoms with Crippen LogP contribution in [-0.2, 0) is 9.63 Å². The second kappa shape index (κ2) is 5.72. The van der Waals surface area contributed by atoms with E-state index in [0.717, 1.165) is 24.4 Å². The molecular formula is C17H20N2O2. The van der Waals surface area contributed by atoms with Gasteiger partial charge in [0.2, 0.25) is 0 Å². The highest BCUT2D eigenvalue weighted by Gasteiger charge is 2.31. The average molecular weight is 284 g/mol. The molecule has 0 spiro atoms. The van der Waals surface area contributed by atoms with Crippen molar-refractivity contribution in [3.8, 4) is 0 Å². The van der Waals surface area contributed by atoms with Gasteiger partial charge in [-0.05, 0) is 33.1 Å². The zero-order chi connectivity index (χ0) is 14.8. The van der Waals surface area contributed by atoms with Crippen LogP contribution in [0.25, 0.3) is 0 Å². The van der Waals surface area contributed by atoms with Crippen LogP contribution in [-0.4, -0.2) is 29.7 Å². The number of oxime groups is 1. The summed E-state index contributed by atoms with van der Waals surface area (Å²) < 4.78 is 0. The molecule has 21 heavy (non-hydrogen) atoms. The lowest BCUT2D eigenvalue weighted by Crippen LogP contribution is -2.30. The number of rotatable bonds is 2. The van der Waals surface area contributed by atoms with Crippen LogP contribution in [0.15, 0.2) is 40.7 Å². The monoisotopic (exact) mass is 284 g/mol. The summed E-state index contributed by atoms with van der Waals surface area (Å²) in [7, 11) is 0. The summed E-state index contributed by atoms with van der Waals surface area (Å²) in [5, 5.41) is 4.00. The van der Waals surface area contributed by atoms with Gasteiger partial charge in [-0.25, -0.2) is 4.79 Å². The number of likely N-dealkylation sites (tertiary alicyclic amines) is 1. The predicted molar refractivity (Wildman–Crippen MR) is 81.9 cm³/mol. The minimum absolute atomic E-state index is 0.339. The predicted octanol–water partition coefficient (Wildman–Crippen LogP) is 3.02. The zero-order valence-corrected chi connectivity index (χ0v) is 12.6. The Morgan fingerprint density at radius 2 is 1.81 bits per heavy atom. The minimum atomic E-state index is -0.339. The third-order valence-corrected chi connectivity index (χ3v) is 4.18. The Morgan fingerprint density at radius 3 is 2.48 bits per heavy atom. The zero-order valence-electron chi connectivity index (χ0n) is 12.6. The fraction of sp³-hybridized carbons (Fsp3) is 0.412. The molecule has 0 aromatic heterocycles. The van der Waals surface area contributed by atoms with Gasteiger partial charge in [0.15, 0.2) is 0 Å². The summed E-state index contributed by atoms with van der Waals surface area (Å²) in [6.07, 6.45) is 3.62. The fourth-order valence-corrected chi connectivity index (χ4v) is 2.89. The number of benzene rings is 1. The standard InChI is InChI=1S/C17H20N2O2/c1-12-6-8-14(9-7-12)16-15(17(20)21-18-16)13(2)19-10-4-3-5-11-19/h6-9H,3-5,10-11H2,1-2H3. The van der Waals surface area contributed by atoms with E-state index in [-0.39, 0.29) is 5.97 Å². The van der Waals surface area contributed by atoms with Crippen LogP contribution in [0.1, 0.15) is 37.3 Å². The Labute approximate surface area is 125 Å². The van der Waals surface area contributed by atoms with Gasteiger partial charge in [-0.1, -0.05) is 35.0 Å². The lowest BCUT2D eigenvalue weighted by atomic mass is 9.99. The highest BCUT2D eigenvalue weighted by molar-refractivity contribution is 6.29. The van der Waals surface area contributed by atoms with Gasteiger partial charge >= 0.3 is 5.97 Å². The normalized spacial score (nSPS) is 21.1. The lowest BCUT2D eigenvalue weighted by molar-refractivity contribution is -0.137. The molecule has 1 aromatic rings. The first-order chi connectivity index (χ1) is 10.2. The molecule has 1 saturated heterocycles. The quantitative estimate of drug-likeness (QED) is 0.619. The molecule has 0 radical (unpaired) electrons. The SMILES string of the molecule is CC(=C1C(=O)ON=C1c1ccc(C)cc1)N1CCCCC1. The van der Waals surface area contributed by atoms with Gasteiger partial charge in [0.25, 0.3) is 0 Å². The highest BCUT2D eigenvalue weighted by Crippen LogP contribution is 2.25. The van der Waals surface area contributed by atoms with Crippen LogP contribution < -0.4 is 0 Å². The van der Waals surface area contributed by atoms with E-state index in [2.05, 4.69) is 10.1 Å². The molecule has 1 aromatic carbocycles. The number of allylic oxidation sites excluding steroid dienone is 1. The van der Waals surface area contributed by atoms with Crippen molar-refractivity contribution in [2.45, 2.75) is 33.1 Å². The van der Waals surface area contributed by atoms with Crippen LogP contribution in [0.4, 0.5) is 0 Å². The lowest BCUT2D eigenvalue weighted by Gasteiger charge is -2.30. The van der Waals surface area contributed by atoms with Crippen molar-refractivity contribution in [1.29, 1.82) is 0 Å². The summed E-state index contributed by atoms with van der Waals surface area (Å²) in [4.78, 5) is 19.3. The third-order valence-electron chi connectivity index (χ3n) is 4.18. The summed E-state index contributed by atoms with van der Waals surface area (Å²) in [5.74, 6) is -0.339. The van der Waals surface area contributed by atoms with E-state index in [9.17, 15) is 4.79 Å². The molecule has 0 saturated carbocycles. The number of carbonyl (C=O) groups is 1. The smallest absolute Gasteiger partial charge is 0.369 e. The van der Waals surface area contributed by atoms with Gasteiger partial charge in [-0.3, -0.25) is 0 Å². The molecule has 3 rings (SSSR count). The number of aryl methyl sites for hydroxylation is 1. The van der Waals surface area contributed by atoms with Crippen LogP contribution in [0.2, 0.25) is 0 Å². The van der Waals surface area contributed by atoms with E-state index in [1.165, 1.54) is 24.8 Å². The molecule has 4 nitrogen and oxygen atoms in total. The van der Waals surface area contributed by atoms with Crippen LogP contribution in [0, 0.1) is 6.92 Å². The Morgan fingerprint density at radius 1 is 1.14 bits per heavy atom. The van der Waals surface area contributed by atoms with Crippen molar-refractivity contribution in [2.75, 3.05) is 13.1 Å². The summed E-state index contributed by atoms with van der Waals surface area (Å²) in [6, 6.07) is 8.02. The fourth-order valence-electron chi connectivity index (χ4n) is 2.89. The molecule has 2 aliphatic heterocycles. The van der Waals surface area contributed by atoms with Crippen molar-refractivity contribution < 1.29 is 9.63 Å². The highest BCUT2D eigenvalue weighted by atomic mass is 16.7. The Hall–Kier alpha value is -2.10.